The molecule has 0 atom stereocenters. The Morgan fingerprint density at radius 2 is 1.90 bits per heavy atom. The van der Waals surface area contributed by atoms with Crippen molar-refractivity contribution in [3.63, 3.8) is 0 Å². The molecule has 0 spiro atoms. The summed E-state index contributed by atoms with van der Waals surface area (Å²) < 4.78 is 0.328. The van der Waals surface area contributed by atoms with Crippen LogP contribution in [-0.4, -0.2) is 15.8 Å². The topological polar surface area (TPSA) is 0 Å². The molecule has 0 aromatic heterocycles. The van der Waals surface area contributed by atoms with E-state index in [1.54, 1.807) is 0 Å². The molecule has 0 nitrogen and oxygen atoms in total. The summed E-state index contributed by atoms with van der Waals surface area (Å²) in [5.74, 6) is 2.46. The molecule has 0 aromatic carbocycles. The Bertz CT molecular complexity index is 78.2. The average Bonchev–Trinajstić information content (AvgIpc) is 1.78. The molecular weight excluding hydrogens is 228 g/mol. The minimum atomic E-state index is 0.328. The predicted octanol–water partition coefficient (Wildman–Crippen LogP) is 3.95. The minimum Gasteiger partial charge on any atom is -0.0944 e. The molecule has 0 radical (unpaired) electrons. The van der Waals surface area contributed by atoms with Crippen LogP contribution in [0.1, 0.15) is 27.2 Å². The second kappa shape index (κ2) is 5.78. The number of halogens is 1. The van der Waals surface area contributed by atoms with Crippen molar-refractivity contribution in [2.24, 2.45) is 0 Å². The van der Waals surface area contributed by atoms with E-state index in [2.05, 4.69) is 36.7 Å². The van der Waals surface area contributed by atoms with Gasteiger partial charge in [0, 0.05) is 15.8 Å². The summed E-state index contributed by atoms with van der Waals surface area (Å²) in [6, 6.07) is 0. The summed E-state index contributed by atoms with van der Waals surface area (Å²) >= 11 is 3.61. The molecular formula is C7H15BrS2. The highest BCUT2D eigenvalue weighted by atomic mass is 79.9. The Labute approximate surface area is 80.4 Å². The molecule has 0 heterocycles. The Balaban J connectivity index is 3.04. The summed E-state index contributed by atoms with van der Waals surface area (Å²) in [7, 11) is 3.91. The second-order valence-electron chi connectivity index (χ2n) is 2.70. The molecule has 0 amide bonds. The van der Waals surface area contributed by atoms with Gasteiger partial charge in [-0.2, -0.15) is 0 Å². The van der Waals surface area contributed by atoms with Gasteiger partial charge in [-0.15, -0.1) is 0 Å². The zero-order chi connectivity index (χ0) is 8.04. The molecule has 0 bridgehead atoms. The molecule has 0 aliphatic heterocycles. The van der Waals surface area contributed by atoms with Gasteiger partial charge < -0.3 is 0 Å². The van der Waals surface area contributed by atoms with E-state index in [0.717, 1.165) is 0 Å². The van der Waals surface area contributed by atoms with Gasteiger partial charge in [0.15, 0.2) is 0 Å². The molecule has 0 aliphatic rings. The van der Waals surface area contributed by atoms with Gasteiger partial charge >= 0.3 is 0 Å². The molecule has 0 saturated carbocycles. The highest BCUT2D eigenvalue weighted by Gasteiger charge is 2.11. The monoisotopic (exact) mass is 242 g/mol. The molecule has 0 aromatic rings. The van der Waals surface area contributed by atoms with Crippen molar-refractivity contribution < 1.29 is 0 Å². The Morgan fingerprint density at radius 1 is 1.30 bits per heavy atom. The van der Waals surface area contributed by atoms with E-state index in [4.69, 9.17) is 0 Å². The SMILES string of the molecule is CCSSCCC(C)(C)Br. The quantitative estimate of drug-likeness (QED) is 0.407. The molecule has 0 aliphatic carbocycles. The summed E-state index contributed by atoms with van der Waals surface area (Å²) in [4.78, 5) is 0. The molecule has 0 fully saturated rings. The standard InChI is InChI=1S/C7H15BrS2/c1-4-9-10-6-5-7(2,3)8/h4-6H2,1-3H3. The smallest absolute Gasteiger partial charge is 0.0209 e. The van der Waals surface area contributed by atoms with Gasteiger partial charge in [-0.1, -0.05) is 58.3 Å². The van der Waals surface area contributed by atoms with Gasteiger partial charge in [0.05, 0.1) is 0 Å². The summed E-state index contributed by atoms with van der Waals surface area (Å²) in [6.07, 6.45) is 1.24. The summed E-state index contributed by atoms with van der Waals surface area (Å²) in [6.45, 7) is 6.62. The lowest BCUT2D eigenvalue weighted by Crippen LogP contribution is -2.09. The fraction of sp³-hybridized carbons (Fsp3) is 1.00. The third-order valence-electron chi connectivity index (χ3n) is 0.981. The molecule has 0 rings (SSSR count). The zero-order valence-electron chi connectivity index (χ0n) is 6.82. The maximum atomic E-state index is 3.61. The Hall–Kier alpha value is 1.18. The van der Waals surface area contributed by atoms with Crippen molar-refractivity contribution in [3.8, 4) is 0 Å². The van der Waals surface area contributed by atoms with Crippen LogP contribution >= 0.6 is 37.5 Å². The van der Waals surface area contributed by atoms with Crippen LogP contribution in [0.2, 0.25) is 0 Å². The van der Waals surface area contributed by atoms with Crippen molar-refractivity contribution in [1.29, 1.82) is 0 Å². The largest absolute Gasteiger partial charge is 0.0944 e. The summed E-state index contributed by atoms with van der Waals surface area (Å²) in [5, 5.41) is 0. The van der Waals surface area contributed by atoms with E-state index in [-0.39, 0.29) is 0 Å². The van der Waals surface area contributed by atoms with Crippen LogP contribution in [0.15, 0.2) is 0 Å². The molecule has 62 valence electrons. The fourth-order valence-electron chi connectivity index (χ4n) is 0.427. The third-order valence-corrected chi connectivity index (χ3v) is 3.86. The van der Waals surface area contributed by atoms with Crippen molar-refractivity contribution in [2.75, 3.05) is 11.5 Å². The van der Waals surface area contributed by atoms with Gasteiger partial charge in [0.1, 0.15) is 0 Å². The Kier molecular flexibility index (Phi) is 6.47. The van der Waals surface area contributed by atoms with E-state index in [1.165, 1.54) is 17.9 Å². The van der Waals surface area contributed by atoms with E-state index < -0.39 is 0 Å². The van der Waals surface area contributed by atoms with Crippen LogP contribution < -0.4 is 0 Å². The first-order valence-electron chi connectivity index (χ1n) is 3.49. The number of hydrogen-bond acceptors (Lipinski definition) is 2. The highest BCUT2D eigenvalue weighted by Crippen LogP contribution is 2.27. The normalized spacial score (nSPS) is 12.0. The highest BCUT2D eigenvalue weighted by molar-refractivity contribution is 9.10. The maximum absolute atomic E-state index is 3.61. The fourth-order valence-corrected chi connectivity index (χ4v) is 2.87. The van der Waals surface area contributed by atoms with Crippen molar-refractivity contribution in [3.05, 3.63) is 0 Å². The van der Waals surface area contributed by atoms with Gasteiger partial charge in [0.25, 0.3) is 0 Å². The zero-order valence-corrected chi connectivity index (χ0v) is 10.0. The second-order valence-corrected chi connectivity index (χ2v) is 7.72. The molecule has 10 heavy (non-hydrogen) atoms. The van der Waals surface area contributed by atoms with Crippen molar-refractivity contribution in [1.82, 2.24) is 0 Å². The van der Waals surface area contributed by atoms with Gasteiger partial charge in [-0.25, -0.2) is 0 Å². The number of rotatable bonds is 5. The lowest BCUT2D eigenvalue weighted by molar-refractivity contribution is 0.708. The molecule has 3 heteroatoms. The first-order valence-corrected chi connectivity index (χ1v) is 6.77. The van der Waals surface area contributed by atoms with E-state index in [0.29, 0.717) is 4.32 Å². The van der Waals surface area contributed by atoms with Crippen LogP contribution in [0, 0.1) is 0 Å². The average molecular weight is 243 g/mol. The van der Waals surface area contributed by atoms with E-state index in [1.807, 2.05) is 21.6 Å². The van der Waals surface area contributed by atoms with Crippen molar-refractivity contribution in [2.45, 2.75) is 31.5 Å². The van der Waals surface area contributed by atoms with Gasteiger partial charge in [0.2, 0.25) is 0 Å². The van der Waals surface area contributed by atoms with Crippen LogP contribution in [0.4, 0.5) is 0 Å². The van der Waals surface area contributed by atoms with Gasteiger partial charge in [-0.05, 0) is 6.42 Å². The van der Waals surface area contributed by atoms with Crippen molar-refractivity contribution >= 4 is 37.5 Å². The number of alkyl halides is 1. The van der Waals surface area contributed by atoms with Crippen LogP contribution in [0.5, 0.6) is 0 Å². The van der Waals surface area contributed by atoms with E-state index in [9.17, 15) is 0 Å². The first kappa shape index (κ1) is 11.2. The molecule has 0 unspecified atom stereocenters. The molecule has 0 N–H and O–H groups in total. The molecule has 0 saturated heterocycles. The Morgan fingerprint density at radius 3 is 2.30 bits per heavy atom. The lowest BCUT2D eigenvalue weighted by Gasteiger charge is -2.14. The van der Waals surface area contributed by atoms with Gasteiger partial charge in [-0.3, -0.25) is 0 Å². The maximum Gasteiger partial charge on any atom is 0.0209 e. The van der Waals surface area contributed by atoms with Crippen LogP contribution in [-0.2, 0) is 0 Å². The third kappa shape index (κ3) is 9.18. The summed E-state index contributed by atoms with van der Waals surface area (Å²) in [5.41, 5.74) is 0. The lowest BCUT2D eigenvalue weighted by atomic mass is 10.2. The van der Waals surface area contributed by atoms with E-state index >= 15 is 0 Å². The first-order chi connectivity index (χ1) is 4.56. The predicted molar refractivity (Wildman–Crippen MR) is 58.2 cm³/mol. The number of hydrogen-bond donors (Lipinski definition) is 0. The minimum absolute atomic E-state index is 0.328. The van der Waals surface area contributed by atoms with Crippen LogP contribution in [0.25, 0.3) is 0 Å². The van der Waals surface area contributed by atoms with Crippen LogP contribution in [0.3, 0.4) is 0 Å².